The molecule has 0 radical (unpaired) electrons. The average molecular weight is 453 g/mol. The van der Waals surface area contributed by atoms with Crippen LogP contribution in [0.2, 0.25) is 0 Å². The molecule has 10 heteroatoms. The summed E-state index contributed by atoms with van der Waals surface area (Å²) in [6.45, 7) is 4.01. The number of amides is 1. The van der Waals surface area contributed by atoms with Crippen LogP contribution in [0.3, 0.4) is 0 Å². The van der Waals surface area contributed by atoms with E-state index in [0.29, 0.717) is 27.4 Å². The number of aromatic nitrogens is 4. The Kier molecular flexibility index (Phi) is 6.22. The molecule has 0 aromatic carbocycles. The Morgan fingerprint density at radius 1 is 1.22 bits per heavy atom. The van der Waals surface area contributed by atoms with Gasteiger partial charge < -0.3 is 15.4 Å². The van der Waals surface area contributed by atoms with Crippen molar-refractivity contribution in [3.63, 3.8) is 0 Å². The van der Waals surface area contributed by atoms with Crippen LogP contribution in [0.4, 0.5) is 10.3 Å². The number of hydrogen-bond donors (Lipinski definition) is 2. The smallest absolute Gasteiger partial charge is 0.271 e. The van der Waals surface area contributed by atoms with Crippen LogP contribution in [0.15, 0.2) is 42.7 Å². The molecule has 4 heterocycles. The molecule has 4 rings (SSSR count). The molecule has 0 spiro atoms. The number of anilines is 1. The molecule has 164 valence electrons. The number of methoxy groups -OCH3 is 1. The third-order valence-electron chi connectivity index (χ3n) is 4.70. The van der Waals surface area contributed by atoms with Crippen LogP contribution in [0.1, 0.15) is 39.6 Å². The first kappa shape index (κ1) is 21.6. The normalized spacial score (nSPS) is 11.9. The second-order valence-corrected chi connectivity index (χ2v) is 8.38. The summed E-state index contributed by atoms with van der Waals surface area (Å²) in [4.78, 5) is 31.2. The summed E-state index contributed by atoms with van der Waals surface area (Å²) in [7, 11) is 1.54. The van der Waals surface area contributed by atoms with Crippen molar-refractivity contribution >= 4 is 33.4 Å². The molecule has 0 saturated carbocycles. The molecule has 4 aromatic heterocycles. The molecular formula is C22H21FN6O2S. The molecule has 0 aliphatic carbocycles. The van der Waals surface area contributed by atoms with Crippen molar-refractivity contribution in [2.45, 2.75) is 26.4 Å². The fraction of sp³-hybridized carbons (Fsp3) is 0.227. The third-order valence-corrected chi connectivity index (χ3v) is 5.75. The van der Waals surface area contributed by atoms with Crippen LogP contribution in [0.25, 0.3) is 10.2 Å². The number of ether oxygens (including phenoxy) is 1. The van der Waals surface area contributed by atoms with E-state index in [1.807, 2.05) is 26.0 Å². The van der Waals surface area contributed by atoms with E-state index in [4.69, 9.17) is 4.74 Å². The van der Waals surface area contributed by atoms with E-state index < -0.39 is 5.82 Å². The van der Waals surface area contributed by atoms with E-state index in [1.54, 1.807) is 18.3 Å². The highest BCUT2D eigenvalue weighted by atomic mass is 32.1. The van der Waals surface area contributed by atoms with Gasteiger partial charge in [0.15, 0.2) is 5.69 Å². The van der Waals surface area contributed by atoms with Gasteiger partial charge in [-0.1, -0.05) is 6.07 Å². The van der Waals surface area contributed by atoms with Crippen LogP contribution in [0.5, 0.6) is 5.88 Å². The zero-order valence-electron chi connectivity index (χ0n) is 17.7. The molecule has 0 aliphatic rings. The fourth-order valence-corrected chi connectivity index (χ4v) is 4.07. The lowest BCUT2D eigenvalue weighted by molar-refractivity contribution is 0.0947. The number of fused-ring (bicyclic) bond motifs is 1. The van der Waals surface area contributed by atoms with Crippen LogP contribution in [-0.2, 0) is 6.54 Å². The zero-order valence-corrected chi connectivity index (χ0v) is 18.5. The number of carbonyl (C=O) groups excluding carboxylic acids is 1. The Morgan fingerprint density at radius 2 is 2.06 bits per heavy atom. The molecule has 32 heavy (non-hydrogen) atoms. The molecule has 0 fully saturated rings. The predicted molar refractivity (Wildman–Crippen MR) is 120 cm³/mol. The van der Waals surface area contributed by atoms with Gasteiger partial charge in [0.05, 0.1) is 41.8 Å². The topological polar surface area (TPSA) is 102 Å². The Balaban J connectivity index is 1.59. The van der Waals surface area contributed by atoms with Crippen LogP contribution in [-0.4, -0.2) is 33.0 Å². The van der Waals surface area contributed by atoms with Crippen molar-refractivity contribution in [3.05, 3.63) is 70.4 Å². The van der Waals surface area contributed by atoms with E-state index in [9.17, 15) is 9.18 Å². The summed E-state index contributed by atoms with van der Waals surface area (Å²) in [5, 5.41) is 6.00. The summed E-state index contributed by atoms with van der Waals surface area (Å²) >= 11 is 1.45. The van der Waals surface area contributed by atoms with E-state index in [-0.39, 0.29) is 30.1 Å². The summed E-state index contributed by atoms with van der Waals surface area (Å²) in [6, 6.07) is 8.33. The number of nitrogens with one attached hydrogen (secondary N) is 2. The molecule has 0 unspecified atom stereocenters. The average Bonchev–Trinajstić information content (AvgIpc) is 3.17. The van der Waals surface area contributed by atoms with Crippen molar-refractivity contribution in [3.8, 4) is 5.88 Å². The molecule has 0 saturated heterocycles. The maximum atomic E-state index is 13.5. The summed E-state index contributed by atoms with van der Waals surface area (Å²) in [5.74, 6) is -0.0155. The monoisotopic (exact) mass is 452 g/mol. The van der Waals surface area contributed by atoms with E-state index in [0.717, 1.165) is 11.1 Å². The lowest BCUT2D eigenvalue weighted by Gasteiger charge is -2.15. The predicted octanol–water partition coefficient (Wildman–Crippen LogP) is 4.04. The first-order chi connectivity index (χ1) is 15.4. The van der Waals surface area contributed by atoms with Gasteiger partial charge in [0.1, 0.15) is 5.82 Å². The molecule has 0 bridgehead atoms. The van der Waals surface area contributed by atoms with Crippen LogP contribution >= 0.6 is 11.3 Å². The van der Waals surface area contributed by atoms with E-state index >= 15 is 0 Å². The van der Waals surface area contributed by atoms with Gasteiger partial charge >= 0.3 is 0 Å². The first-order valence-corrected chi connectivity index (χ1v) is 10.7. The quantitative estimate of drug-likeness (QED) is 0.436. The van der Waals surface area contributed by atoms with E-state index in [2.05, 4.69) is 30.6 Å². The minimum atomic E-state index is -0.424. The number of pyridine rings is 2. The van der Waals surface area contributed by atoms with Gasteiger partial charge in [0.25, 0.3) is 5.91 Å². The minimum Gasteiger partial charge on any atom is -0.481 e. The summed E-state index contributed by atoms with van der Waals surface area (Å²) in [6.07, 6.45) is 2.72. The van der Waals surface area contributed by atoms with Gasteiger partial charge in [-0.25, -0.2) is 19.3 Å². The van der Waals surface area contributed by atoms with Gasteiger partial charge in [-0.3, -0.25) is 9.78 Å². The van der Waals surface area contributed by atoms with Crippen molar-refractivity contribution in [2.75, 3.05) is 12.4 Å². The van der Waals surface area contributed by atoms with Gasteiger partial charge in [0, 0.05) is 17.1 Å². The van der Waals surface area contributed by atoms with Crippen LogP contribution in [0, 0.1) is 12.7 Å². The highest BCUT2D eigenvalue weighted by molar-refractivity contribution is 7.19. The number of nitrogens with zero attached hydrogens (tertiary/aromatic N) is 4. The summed E-state index contributed by atoms with van der Waals surface area (Å²) in [5.41, 5.74) is 2.24. The second kappa shape index (κ2) is 9.23. The molecule has 2 N–H and O–H groups in total. The van der Waals surface area contributed by atoms with Crippen molar-refractivity contribution in [1.29, 1.82) is 0 Å². The van der Waals surface area contributed by atoms with Gasteiger partial charge in [-0.05, 0) is 37.6 Å². The number of thiophene rings is 1. The molecule has 4 aromatic rings. The lowest BCUT2D eigenvalue weighted by atomic mass is 10.1. The fourth-order valence-electron chi connectivity index (χ4n) is 3.13. The second-order valence-electron chi connectivity index (χ2n) is 7.12. The molecular weight excluding hydrogens is 431 g/mol. The summed E-state index contributed by atoms with van der Waals surface area (Å²) < 4.78 is 19.4. The van der Waals surface area contributed by atoms with Crippen molar-refractivity contribution in [1.82, 2.24) is 25.3 Å². The number of hydrogen-bond acceptors (Lipinski definition) is 8. The molecule has 0 aliphatic heterocycles. The zero-order chi connectivity index (χ0) is 22.7. The number of halogens is 1. The van der Waals surface area contributed by atoms with Crippen molar-refractivity contribution in [2.24, 2.45) is 0 Å². The Labute approximate surface area is 187 Å². The van der Waals surface area contributed by atoms with Crippen LogP contribution < -0.4 is 15.4 Å². The number of aryl methyl sites for hydroxylation is 1. The van der Waals surface area contributed by atoms with Gasteiger partial charge in [-0.15, -0.1) is 11.3 Å². The highest BCUT2D eigenvalue weighted by Gasteiger charge is 2.19. The standard InChI is InChI=1S/C22H21FN6O2S/c1-12-7-17-20(32-12)19(21(30)25-11-16-5-4-6-18(27-16)31-3)29-22(28-17)26-13(2)14-8-15(23)10-24-9-14/h4-10,13H,11H2,1-3H3,(H,25,30)(H,26,28,29)/t13-/m0/s1. The minimum absolute atomic E-state index is 0.222. The lowest BCUT2D eigenvalue weighted by Crippen LogP contribution is -2.25. The number of rotatable bonds is 7. The molecule has 1 atom stereocenters. The SMILES string of the molecule is COc1cccc(CNC(=O)c2nc(N[C@@H](C)c3cncc(F)c3)nc3cc(C)sc23)n1. The first-order valence-electron chi connectivity index (χ1n) is 9.86. The van der Waals surface area contributed by atoms with E-state index in [1.165, 1.54) is 24.5 Å². The maximum absolute atomic E-state index is 13.5. The Hall–Kier alpha value is -3.66. The maximum Gasteiger partial charge on any atom is 0.271 e. The largest absolute Gasteiger partial charge is 0.481 e. The third kappa shape index (κ3) is 4.80. The highest BCUT2D eigenvalue weighted by Crippen LogP contribution is 2.28. The molecule has 1 amide bonds. The molecule has 8 nitrogen and oxygen atoms in total. The number of carbonyl (C=O) groups is 1. The Bertz CT molecular complexity index is 1280. The Morgan fingerprint density at radius 3 is 2.84 bits per heavy atom. The van der Waals surface area contributed by atoms with Gasteiger partial charge in [-0.2, -0.15) is 0 Å². The van der Waals surface area contributed by atoms with Gasteiger partial charge in [0.2, 0.25) is 11.8 Å². The van der Waals surface area contributed by atoms with Crippen molar-refractivity contribution < 1.29 is 13.9 Å².